The number of rotatable bonds is 7. The van der Waals surface area contributed by atoms with Crippen LogP contribution in [0.3, 0.4) is 0 Å². The van der Waals surface area contributed by atoms with Crippen LogP contribution in [0, 0.1) is 11.3 Å². The van der Waals surface area contributed by atoms with E-state index in [2.05, 4.69) is 4.90 Å². The molecule has 1 saturated heterocycles. The molecule has 0 aromatic carbocycles. The topological polar surface area (TPSA) is 66.9 Å². The molecule has 0 amide bonds. The molecule has 7 heteroatoms. The number of methoxy groups -OCH3 is 1. The van der Waals surface area contributed by atoms with Gasteiger partial charge in [-0.3, -0.25) is 4.79 Å². The summed E-state index contributed by atoms with van der Waals surface area (Å²) in [5, 5.41) is 0. The highest BCUT2D eigenvalue weighted by Crippen LogP contribution is 2.44. The van der Waals surface area contributed by atoms with Gasteiger partial charge < -0.3 is 9.64 Å². The number of carbonyl (C=O) groups excluding carboxylic acids is 1. The number of carbonyl (C=O) groups is 1. The Kier molecular flexibility index (Phi) is 5.50. The van der Waals surface area contributed by atoms with Crippen molar-refractivity contribution in [1.82, 2.24) is 9.21 Å². The molecule has 1 aliphatic heterocycles. The summed E-state index contributed by atoms with van der Waals surface area (Å²) in [5.41, 5.74) is -0.796. The lowest BCUT2D eigenvalue weighted by atomic mass is 9.70. The summed E-state index contributed by atoms with van der Waals surface area (Å²) >= 11 is 0. The van der Waals surface area contributed by atoms with Crippen LogP contribution >= 0.6 is 0 Å². The van der Waals surface area contributed by atoms with Gasteiger partial charge in [-0.1, -0.05) is 6.42 Å². The lowest BCUT2D eigenvalue weighted by Gasteiger charge is -2.39. The first-order chi connectivity index (χ1) is 10.3. The monoisotopic (exact) mass is 332 g/mol. The molecule has 0 aromatic heterocycles. The molecule has 1 atom stereocenters. The van der Waals surface area contributed by atoms with E-state index in [1.807, 2.05) is 14.1 Å². The number of sulfonamides is 1. The Morgan fingerprint density at radius 3 is 2.55 bits per heavy atom. The minimum atomic E-state index is -3.39. The van der Waals surface area contributed by atoms with Crippen molar-refractivity contribution < 1.29 is 17.9 Å². The third kappa shape index (κ3) is 3.81. The normalized spacial score (nSPS) is 25.2. The average molecular weight is 332 g/mol. The molecule has 0 aromatic rings. The smallest absolute Gasteiger partial charge is 0.312 e. The van der Waals surface area contributed by atoms with Gasteiger partial charge in [-0.15, -0.1) is 0 Å². The lowest BCUT2D eigenvalue weighted by molar-refractivity contribution is -0.156. The van der Waals surface area contributed by atoms with Crippen LogP contribution in [-0.4, -0.2) is 70.2 Å². The summed E-state index contributed by atoms with van der Waals surface area (Å²) in [6.07, 6.45) is 4.07. The Labute approximate surface area is 133 Å². The molecule has 128 valence electrons. The van der Waals surface area contributed by atoms with E-state index in [9.17, 15) is 13.2 Å². The summed E-state index contributed by atoms with van der Waals surface area (Å²) in [6.45, 7) is 2.15. The molecule has 0 radical (unpaired) electrons. The molecular weight excluding hydrogens is 304 g/mol. The molecule has 1 saturated carbocycles. The first-order valence-corrected chi connectivity index (χ1v) is 9.61. The Morgan fingerprint density at radius 1 is 1.36 bits per heavy atom. The molecule has 2 rings (SSSR count). The number of nitrogens with zero attached hydrogens (tertiary/aromatic N) is 2. The Morgan fingerprint density at radius 2 is 2.05 bits per heavy atom. The van der Waals surface area contributed by atoms with Crippen LogP contribution < -0.4 is 0 Å². The summed E-state index contributed by atoms with van der Waals surface area (Å²) < 4.78 is 31.7. The molecule has 1 unspecified atom stereocenters. The second-order valence-electron chi connectivity index (χ2n) is 6.99. The van der Waals surface area contributed by atoms with E-state index in [0.29, 0.717) is 31.8 Å². The maximum atomic E-state index is 12.7. The van der Waals surface area contributed by atoms with Crippen LogP contribution in [0.4, 0.5) is 0 Å². The maximum absolute atomic E-state index is 12.7. The SMILES string of the molecule is COC(=O)C1(CS(=O)(=O)N2CCC(CCN(C)C)C2)CCC1. The van der Waals surface area contributed by atoms with E-state index in [4.69, 9.17) is 4.74 Å². The van der Waals surface area contributed by atoms with Crippen LogP contribution in [-0.2, 0) is 19.6 Å². The highest BCUT2D eigenvalue weighted by molar-refractivity contribution is 7.89. The molecule has 2 aliphatic rings. The summed E-state index contributed by atoms with van der Waals surface area (Å²) in [7, 11) is 2.01. The van der Waals surface area contributed by atoms with Gasteiger partial charge in [-0.25, -0.2) is 12.7 Å². The molecule has 0 bridgehead atoms. The fourth-order valence-corrected chi connectivity index (χ4v) is 5.50. The van der Waals surface area contributed by atoms with Gasteiger partial charge in [-0.05, 0) is 52.2 Å². The molecule has 2 fully saturated rings. The van der Waals surface area contributed by atoms with Gasteiger partial charge in [0.1, 0.15) is 0 Å². The second-order valence-corrected chi connectivity index (χ2v) is 8.96. The summed E-state index contributed by atoms with van der Waals surface area (Å²) in [6, 6.07) is 0. The second kappa shape index (κ2) is 6.84. The molecule has 1 aliphatic carbocycles. The molecular formula is C15H28N2O4S. The minimum Gasteiger partial charge on any atom is -0.469 e. The summed E-state index contributed by atoms with van der Waals surface area (Å²) in [5.74, 6) is -0.0362. The van der Waals surface area contributed by atoms with Gasteiger partial charge >= 0.3 is 5.97 Å². The van der Waals surface area contributed by atoms with Gasteiger partial charge in [-0.2, -0.15) is 0 Å². The van der Waals surface area contributed by atoms with Crippen molar-refractivity contribution in [3.05, 3.63) is 0 Å². The Hall–Kier alpha value is -0.660. The third-order valence-electron chi connectivity index (χ3n) is 5.01. The van der Waals surface area contributed by atoms with Crippen LogP contribution in [0.1, 0.15) is 32.1 Å². The zero-order valence-electron chi connectivity index (χ0n) is 13.9. The molecule has 0 spiro atoms. The molecule has 22 heavy (non-hydrogen) atoms. The van der Waals surface area contributed by atoms with Crippen LogP contribution in [0.5, 0.6) is 0 Å². The fraction of sp³-hybridized carbons (Fsp3) is 0.933. The highest BCUT2D eigenvalue weighted by atomic mass is 32.2. The quantitative estimate of drug-likeness (QED) is 0.649. The zero-order valence-corrected chi connectivity index (χ0v) is 14.7. The van der Waals surface area contributed by atoms with Gasteiger partial charge in [0.05, 0.1) is 18.3 Å². The predicted octanol–water partition coefficient (Wildman–Crippen LogP) is 0.933. The van der Waals surface area contributed by atoms with E-state index in [0.717, 1.165) is 25.8 Å². The molecule has 1 heterocycles. The van der Waals surface area contributed by atoms with Gasteiger partial charge in [0.15, 0.2) is 0 Å². The Balaban J connectivity index is 1.95. The Bertz CT molecular complexity index is 500. The van der Waals surface area contributed by atoms with Crippen LogP contribution in [0.2, 0.25) is 0 Å². The fourth-order valence-electron chi connectivity index (χ4n) is 3.39. The average Bonchev–Trinajstić information content (AvgIpc) is 2.89. The first kappa shape index (κ1) is 17.7. The van der Waals surface area contributed by atoms with Crippen molar-refractivity contribution in [3.8, 4) is 0 Å². The van der Waals surface area contributed by atoms with Crippen molar-refractivity contribution in [3.63, 3.8) is 0 Å². The van der Waals surface area contributed by atoms with E-state index < -0.39 is 15.4 Å². The summed E-state index contributed by atoms with van der Waals surface area (Å²) in [4.78, 5) is 14.1. The zero-order chi connectivity index (χ0) is 16.4. The lowest BCUT2D eigenvalue weighted by Crippen LogP contribution is -2.47. The number of hydrogen-bond donors (Lipinski definition) is 0. The first-order valence-electron chi connectivity index (χ1n) is 8.00. The van der Waals surface area contributed by atoms with E-state index in [-0.39, 0.29) is 11.7 Å². The third-order valence-corrected chi connectivity index (χ3v) is 7.05. The number of ether oxygens (including phenoxy) is 1. The maximum Gasteiger partial charge on any atom is 0.312 e. The minimum absolute atomic E-state index is 0.0902. The number of esters is 1. The van der Waals surface area contributed by atoms with Crippen molar-refractivity contribution in [2.45, 2.75) is 32.1 Å². The van der Waals surface area contributed by atoms with Gasteiger partial charge in [0.25, 0.3) is 0 Å². The molecule has 6 nitrogen and oxygen atoms in total. The van der Waals surface area contributed by atoms with Gasteiger partial charge in [0.2, 0.25) is 10.0 Å². The standard InChI is InChI=1S/C15H28N2O4S/c1-16(2)9-5-13-6-10-17(11-13)22(19,20)12-15(7-4-8-15)14(18)21-3/h13H,4-12H2,1-3H3. The van der Waals surface area contributed by atoms with Crippen LogP contribution in [0.15, 0.2) is 0 Å². The largest absolute Gasteiger partial charge is 0.469 e. The van der Waals surface area contributed by atoms with E-state index in [1.165, 1.54) is 7.11 Å². The van der Waals surface area contributed by atoms with Crippen molar-refractivity contribution in [1.29, 1.82) is 0 Å². The van der Waals surface area contributed by atoms with Crippen molar-refractivity contribution >= 4 is 16.0 Å². The molecule has 0 N–H and O–H groups in total. The van der Waals surface area contributed by atoms with E-state index >= 15 is 0 Å². The van der Waals surface area contributed by atoms with Gasteiger partial charge in [0, 0.05) is 13.1 Å². The van der Waals surface area contributed by atoms with E-state index in [1.54, 1.807) is 4.31 Å². The number of hydrogen-bond acceptors (Lipinski definition) is 5. The van der Waals surface area contributed by atoms with Crippen LogP contribution in [0.25, 0.3) is 0 Å². The van der Waals surface area contributed by atoms with Crippen molar-refractivity contribution in [2.75, 3.05) is 46.6 Å². The van der Waals surface area contributed by atoms with Crippen molar-refractivity contribution in [2.24, 2.45) is 11.3 Å². The predicted molar refractivity (Wildman–Crippen MR) is 84.9 cm³/mol. The highest BCUT2D eigenvalue weighted by Gasteiger charge is 2.50.